The lowest BCUT2D eigenvalue weighted by molar-refractivity contribution is 0.102. The highest BCUT2D eigenvalue weighted by molar-refractivity contribution is 7.21. The molecular formula is C15H14ClN3OS. The number of thiophene rings is 1. The second-order valence-electron chi connectivity index (χ2n) is 4.95. The van der Waals surface area contributed by atoms with Crippen molar-refractivity contribution in [1.82, 2.24) is 9.78 Å². The fourth-order valence-corrected chi connectivity index (χ4v) is 3.57. The van der Waals surface area contributed by atoms with Gasteiger partial charge >= 0.3 is 0 Å². The summed E-state index contributed by atoms with van der Waals surface area (Å²) >= 11 is 7.72. The Labute approximate surface area is 131 Å². The predicted octanol–water partition coefficient (Wildman–Crippen LogP) is 4.58. The van der Waals surface area contributed by atoms with Crippen molar-refractivity contribution in [2.75, 3.05) is 5.32 Å². The number of carbonyl (C=O) groups is 1. The van der Waals surface area contributed by atoms with Crippen LogP contribution < -0.4 is 5.32 Å². The van der Waals surface area contributed by atoms with Gasteiger partial charge < -0.3 is 5.32 Å². The largest absolute Gasteiger partial charge is 0.306 e. The summed E-state index contributed by atoms with van der Waals surface area (Å²) in [6.45, 7) is 4.02. The monoisotopic (exact) mass is 319 g/mol. The molecule has 4 nitrogen and oxygen atoms in total. The number of hydrogen-bond acceptors (Lipinski definition) is 3. The van der Waals surface area contributed by atoms with E-state index in [-0.39, 0.29) is 11.9 Å². The first-order chi connectivity index (χ1) is 10.1. The minimum Gasteiger partial charge on any atom is -0.306 e. The summed E-state index contributed by atoms with van der Waals surface area (Å²) in [7, 11) is 0. The summed E-state index contributed by atoms with van der Waals surface area (Å²) in [5, 5.41) is 8.49. The van der Waals surface area contributed by atoms with E-state index in [1.54, 1.807) is 16.9 Å². The van der Waals surface area contributed by atoms with Crippen LogP contribution >= 0.6 is 22.9 Å². The number of amides is 1. The van der Waals surface area contributed by atoms with Crippen LogP contribution in [0.25, 0.3) is 10.1 Å². The third-order valence-corrected chi connectivity index (χ3v) is 4.82. The first-order valence-corrected chi connectivity index (χ1v) is 7.79. The number of nitrogens with one attached hydrogen (secondary N) is 1. The minimum absolute atomic E-state index is 0.174. The third-order valence-electron chi connectivity index (χ3n) is 3.14. The molecule has 0 bridgehead atoms. The first-order valence-electron chi connectivity index (χ1n) is 6.60. The van der Waals surface area contributed by atoms with E-state index >= 15 is 0 Å². The zero-order chi connectivity index (χ0) is 15.0. The summed E-state index contributed by atoms with van der Waals surface area (Å²) in [4.78, 5) is 13.0. The Balaban J connectivity index is 1.94. The molecule has 0 saturated heterocycles. The average Bonchev–Trinajstić information content (AvgIpc) is 3.04. The van der Waals surface area contributed by atoms with Crippen molar-refractivity contribution in [3.63, 3.8) is 0 Å². The van der Waals surface area contributed by atoms with Crippen molar-refractivity contribution in [2.45, 2.75) is 19.9 Å². The van der Waals surface area contributed by atoms with Crippen LogP contribution in [0.2, 0.25) is 5.02 Å². The second kappa shape index (κ2) is 5.50. The number of halogens is 1. The molecule has 3 rings (SSSR count). The SMILES string of the molecule is CC(C)n1nccc1NC(=O)c1sc2ccccc2c1Cl. The van der Waals surface area contributed by atoms with Crippen LogP contribution in [0.1, 0.15) is 29.6 Å². The molecular weight excluding hydrogens is 306 g/mol. The quantitative estimate of drug-likeness (QED) is 0.767. The number of nitrogens with zero attached hydrogens (tertiary/aromatic N) is 2. The van der Waals surface area contributed by atoms with Crippen molar-refractivity contribution in [2.24, 2.45) is 0 Å². The highest BCUT2D eigenvalue weighted by Crippen LogP contribution is 2.35. The van der Waals surface area contributed by atoms with Gasteiger partial charge in [-0.05, 0) is 19.9 Å². The van der Waals surface area contributed by atoms with E-state index in [4.69, 9.17) is 11.6 Å². The van der Waals surface area contributed by atoms with Crippen LogP contribution in [0.4, 0.5) is 5.82 Å². The van der Waals surface area contributed by atoms with Crippen LogP contribution in [0.3, 0.4) is 0 Å². The van der Waals surface area contributed by atoms with E-state index in [1.807, 2.05) is 38.1 Å². The van der Waals surface area contributed by atoms with Gasteiger partial charge in [-0.2, -0.15) is 5.10 Å². The Morgan fingerprint density at radius 1 is 1.33 bits per heavy atom. The van der Waals surface area contributed by atoms with Crippen molar-refractivity contribution in [3.8, 4) is 0 Å². The summed E-state index contributed by atoms with van der Waals surface area (Å²) in [5.41, 5.74) is 0. The van der Waals surface area contributed by atoms with Gasteiger partial charge in [0.2, 0.25) is 0 Å². The number of anilines is 1. The van der Waals surface area contributed by atoms with Gasteiger partial charge in [0, 0.05) is 22.2 Å². The number of carbonyl (C=O) groups excluding carboxylic acids is 1. The van der Waals surface area contributed by atoms with Gasteiger partial charge in [-0.15, -0.1) is 11.3 Å². The number of benzene rings is 1. The predicted molar refractivity (Wildman–Crippen MR) is 87.4 cm³/mol. The van der Waals surface area contributed by atoms with Crippen LogP contribution in [-0.4, -0.2) is 15.7 Å². The summed E-state index contributed by atoms with van der Waals surface area (Å²) < 4.78 is 2.77. The van der Waals surface area contributed by atoms with Gasteiger partial charge in [0.25, 0.3) is 5.91 Å². The molecule has 0 aliphatic carbocycles. The Morgan fingerprint density at radius 2 is 2.10 bits per heavy atom. The van der Waals surface area contributed by atoms with Crippen LogP contribution in [0, 0.1) is 0 Å². The van der Waals surface area contributed by atoms with Gasteiger partial charge in [0.1, 0.15) is 10.7 Å². The van der Waals surface area contributed by atoms with Crippen molar-refractivity contribution < 1.29 is 4.79 Å². The van der Waals surface area contributed by atoms with Crippen LogP contribution in [0.15, 0.2) is 36.5 Å². The maximum absolute atomic E-state index is 12.5. The molecule has 0 fully saturated rings. The maximum Gasteiger partial charge on any atom is 0.268 e. The third kappa shape index (κ3) is 2.54. The highest BCUT2D eigenvalue weighted by atomic mass is 35.5. The fourth-order valence-electron chi connectivity index (χ4n) is 2.16. The van der Waals surface area contributed by atoms with E-state index in [0.29, 0.717) is 15.7 Å². The van der Waals surface area contributed by atoms with Gasteiger partial charge in [-0.25, -0.2) is 4.68 Å². The molecule has 6 heteroatoms. The van der Waals surface area contributed by atoms with Gasteiger partial charge in [0.15, 0.2) is 0 Å². The number of aromatic nitrogens is 2. The molecule has 2 aromatic heterocycles. The summed E-state index contributed by atoms with van der Waals surface area (Å²) in [5.74, 6) is 0.465. The van der Waals surface area contributed by atoms with Crippen molar-refractivity contribution in [1.29, 1.82) is 0 Å². The maximum atomic E-state index is 12.5. The summed E-state index contributed by atoms with van der Waals surface area (Å²) in [6, 6.07) is 9.68. The highest BCUT2D eigenvalue weighted by Gasteiger charge is 2.18. The van der Waals surface area contributed by atoms with Crippen molar-refractivity contribution >= 4 is 44.7 Å². The zero-order valence-electron chi connectivity index (χ0n) is 11.6. The van der Waals surface area contributed by atoms with Gasteiger partial charge in [-0.3, -0.25) is 4.79 Å². The average molecular weight is 320 g/mol. The summed E-state index contributed by atoms with van der Waals surface area (Å²) in [6.07, 6.45) is 1.67. The minimum atomic E-state index is -0.205. The Bertz CT molecular complexity index is 806. The molecule has 0 aliphatic rings. The molecule has 0 radical (unpaired) electrons. The standard InChI is InChI=1S/C15H14ClN3OS/c1-9(2)19-12(7-8-17-19)18-15(20)14-13(16)10-5-3-4-6-11(10)21-14/h3-9H,1-2H3,(H,18,20). The number of rotatable bonds is 3. The zero-order valence-corrected chi connectivity index (χ0v) is 13.2. The lowest BCUT2D eigenvalue weighted by Crippen LogP contribution is -2.16. The lowest BCUT2D eigenvalue weighted by Gasteiger charge is -2.11. The van der Waals surface area contributed by atoms with E-state index in [2.05, 4.69) is 10.4 Å². The molecule has 0 spiro atoms. The molecule has 0 saturated carbocycles. The van der Waals surface area contributed by atoms with E-state index in [0.717, 1.165) is 10.1 Å². The Hall–Kier alpha value is -1.85. The molecule has 1 N–H and O–H groups in total. The molecule has 1 amide bonds. The Morgan fingerprint density at radius 3 is 2.81 bits per heavy atom. The molecule has 0 atom stereocenters. The molecule has 2 heterocycles. The molecule has 0 unspecified atom stereocenters. The van der Waals surface area contributed by atoms with E-state index < -0.39 is 0 Å². The normalized spacial score (nSPS) is 11.2. The molecule has 108 valence electrons. The van der Waals surface area contributed by atoms with Gasteiger partial charge in [0.05, 0.1) is 11.2 Å². The van der Waals surface area contributed by atoms with Crippen LogP contribution in [0.5, 0.6) is 0 Å². The Kier molecular flexibility index (Phi) is 3.69. The van der Waals surface area contributed by atoms with Gasteiger partial charge in [-0.1, -0.05) is 29.8 Å². The molecule has 21 heavy (non-hydrogen) atoms. The van der Waals surface area contributed by atoms with E-state index in [9.17, 15) is 4.79 Å². The smallest absolute Gasteiger partial charge is 0.268 e. The molecule has 1 aromatic carbocycles. The number of hydrogen-bond donors (Lipinski definition) is 1. The topological polar surface area (TPSA) is 46.9 Å². The first kappa shape index (κ1) is 14.1. The van der Waals surface area contributed by atoms with E-state index in [1.165, 1.54) is 11.3 Å². The molecule has 3 aromatic rings. The van der Waals surface area contributed by atoms with Crippen LogP contribution in [-0.2, 0) is 0 Å². The fraction of sp³-hybridized carbons (Fsp3) is 0.200. The van der Waals surface area contributed by atoms with Crippen molar-refractivity contribution in [3.05, 3.63) is 46.4 Å². The molecule has 0 aliphatic heterocycles. The lowest BCUT2D eigenvalue weighted by atomic mass is 10.2. The second-order valence-corrected chi connectivity index (χ2v) is 6.38. The number of fused-ring (bicyclic) bond motifs is 1.